The fraction of sp³-hybridized carbons (Fsp3) is 0.521. The van der Waals surface area contributed by atoms with Crippen molar-refractivity contribution in [3.8, 4) is 0 Å². The largest absolute Gasteiger partial charge is 0.509 e. The van der Waals surface area contributed by atoms with Crippen LogP contribution >= 0.6 is 0 Å². The predicted octanol–water partition coefficient (Wildman–Crippen LogP) is 6.61. The molecule has 0 aromatic heterocycles. The lowest BCUT2D eigenvalue weighted by Crippen LogP contribution is -2.68. The summed E-state index contributed by atoms with van der Waals surface area (Å²) in [5.74, 6) is -0.920. The number of amides is 1. The first-order valence-corrected chi connectivity index (χ1v) is 22.4. The Balaban J connectivity index is 1.28. The highest BCUT2D eigenvalue weighted by atomic mass is 16.8. The van der Waals surface area contributed by atoms with Gasteiger partial charge in [0.25, 0.3) is 0 Å². The molecule has 3 aromatic carbocycles. The molecule has 0 aliphatic carbocycles. The lowest BCUT2D eigenvalue weighted by molar-refractivity contribution is -0.360. The SMILES string of the molecule is C=CCOC(=O)OC1[C@H](O[C@H]2C(CC)O[C@@H](C)[C@@H]3NC(=O)OC23)OC(C(=O)OC)[C@H](O[C@@H]2OC(CC)[C@H](OCc3ccccc3)[C@H](OCc3ccccc3)C2N=[N+]=[N-])[C@@H]1OCc1ccccc1. The Hall–Kier alpha value is -5.60. The monoisotopic (exact) mass is 930 g/mol. The summed E-state index contributed by atoms with van der Waals surface area (Å²) in [4.78, 5) is 43.5. The number of methoxy groups -OCH3 is 1. The second-order valence-corrected chi connectivity index (χ2v) is 16.3. The number of alkyl carbamates (subject to hydrolysis) is 1. The lowest BCUT2D eigenvalue weighted by Gasteiger charge is -2.50. The third-order valence-electron chi connectivity index (χ3n) is 12.0. The van der Waals surface area contributed by atoms with Crippen molar-refractivity contribution in [1.29, 1.82) is 0 Å². The van der Waals surface area contributed by atoms with Crippen LogP contribution in [0.25, 0.3) is 10.4 Å². The maximum atomic E-state index is 14.1. The average molecular weight is 931 g/mol. The molecular formula is C48H58N4O15. The van der Waals surface area contributed by atoms with Gasteiger partial charge in [-0.2, -0.15) is 0 Å². The molecule has 0 bridgehead atoms. The summed E-state index contributed by atoms with van der Waals surface area (Å²) in [6.07, 6.45) is -14.4. The molecule has 19 heteroatoms. The maximum absolute atomic E-state index is 14.1. The molecule has 0 radical (unpaired) electrons. The molecule has 360 valence electrons. The Morgan fingerprint density at radius 2 is 1.30 bits per heavy atom. The Kier molecular flexibility index (Phi) is 17.6. The van der Waals surface area contributed by atoms with E-state index >= 15 is 0 Å². The van der Waals surface area contributed by atoms with Crippen molar-refractivity contribution >= 4 is 18.2 Å². The number of carbonyl (C=O) groups excluding carboxylic acids is 3. The number of carbonyl (C=O) groups is 3. The van der Waals surface area contributed by atoms with Gasteiger partial charge in [0.15, 0.2) is 30.9 Å². The van der Waals surface area contributed by atoms with E-state index in [0.717, 1.165) is 11.1 Å². The van der Waals surface area contributed by atoms with Crippen LogP contribution in [0.1, 0.15) is 50.3 Å². The number of fused-ring (bicyclic) bond motifs is 1. The zero-order valence-corrected chi connectivity index (χ0v) is 37.8. The average Bonchev–Trinajstić information content (AvgIpc) is 3.76. The highest BCUT2D eigenvalue weighted by molar-refractivity contribution is 5.75. The van der Waals surface area contributed by atoms with E-state index < -0.39 is 110 Å². The highest BCUT2D eigenvalue weighted by Crippen LogP contribution is 2.39. The molecule has 67 heavy (non-hydrogen) atoms. The first kappa shape index (κ1) is 49.3. The van der Waals surface area contributed by atoms with E-state index in [9.17, 15) is 19.9 Å². The van der Waals surface area contributed by atoms with Crippen LogP contribution in [0, 0.1) is 0 Å². The van der Waals surface area contributed by atoms with Crippen LogP contribution in [-0.2, 0) is 81.5 Å². The molecule has 4 heterocycles. The van der Waals surface area contributed by atoms with Crippen molar-refractivity contribution in [3.63, 3.8) is 0 Å². The van der Waals surface area contributed by atoms with Gasteiger partial charge >= 0.3 is 18.2 Å². The number of ether oxygens (including phenoxy) is 12. The van der Waals surface area contributed by atoms with Gasteiger partial charge in [-0.3, -0.25) is 0 Å². The number of nitrogens with zero attached hydrogens (tertiary/aromatic N) is 3. The van der Waals surface area contributed by atoms with Gasteiger partial charge in [-0.1, -0.05) is 123 Å². The zero-order valence-electron chi connectivity index (χ0n) is 37.8. The second kappa shape index (κ2) is 23.9. The normalized spacial score (nSPS) is 32.4. The predicted molar refractivity (Wildman–Crippen MR) is 236 cm³/mol. The van der Waals surface area contributed by atoms with E-state index in [1.165, 1.54) is 13.2 Å². The summed E-state index contributed by atoms with van der Waals surface area (Å²) in [7, 11) is 1.17. The topological polar surface area (TPSA) is 223 Å². The van der Waals surface area contributed by atoms with Crippen LogP contribution < -0.4 is 5.32 Å². The zero-order chi connectivity index (χ0) is 47.3. The van der Waals surface area contributed by atoms with Gasteiger partial charge < -0.3 is 62.2 Å². The van der Waals surface area contributed by atoms with Crippen molar-refractivity contribution in [1.82, 2.24) is 5.32 Å². The van der Waals surface area contributed by atoms with E-state index in [4.69, 9.17) is 56.8 Å². The number of nitrogens with one attached hydrogen (secondary N) is 1. The molecule has 4 fully saturated rings. The highest BCUT2D eigenvalue weighted by Gasteiger charge is 2.59. The van der Waals surface area contributed by atoms with E-state index in [1.807, 2.05) is 112 Å². The molecule has 3 aromatic rings. The van der Waals surface area contributed by atoms with Crippen molar-refractivity contribution in [2.24, 2.45) is 5.11 Å². The van der Waals surface area contributed by atoms with Crippen LogP contribution in [0.15, 0.2) is 109 Å². The molecule has 4 aliphatic heterocycles. The molecule has 7 rings (SSSR count). The van der Waals surface area contributed by atoms with Crippen molar-refractivity contribution < 1.29 is 71.2 Å². The number of hydrogen-bond acceptors (Lipinski definition) is 16. The van der Waals surface area contributed by atoms with Crippen molar-refractivity contribution in [2.45, 2.75) is 145 Å². The van der Waals surface area contributed by atoms with E-state index in [-0.39, 0.29) is 26.4 Å². The lowest BCUT2D eigenvalue weighted by atomic mass is 9.92. The Labute approximate surface area is 388 Å². The summed E-state index contributed by atoms with van der Waals surface area (Å²) in [6, 6.07) is 26.3. The third kappa shape index (κ3) is 12.1. The molecule has 0 spiro atoms. The van der Waals surface area contributed by atoms with Gasteiger partial charge in [0.05, 0.1) is 51.3 Å². The smallest absolute Gasteiger partial charge is 0.467 e. The van der Waals surface area contributed by atoms with Gasteiger partial charge in [-0.15, -0.1) is 0 Å². The molecular weight excluding hydrogens is 873 g/mol. The van der Waals surface area contributed by atoms with Gasteiger partial charge in [0.2, 0.25) is 0 Å². The third-order valence-corrected chi connectivity index (χ3v) is 12.0. The van der Waals surface area contributed by atoms with Gasteiger partial charge in [0, 0.05) is 4.91 Å². The van der Waals surface area contributed by atoms with Crippen molar-refractivity contribution in [2.75, 3.05) is 13.7 Å². The fourth-order valence-electron chi connectivity index (χ4n) is 8.73. The number of rotatable bonds is 20. The maximum Gasteiger partial charge on any atom is 0.509 e. The minimum absolute atomic E-state index is 0.0947. The van der Waals surface area contributed by atoms with E-state index in [0.29, 0.717) is 18.4 Å². The molecule has 4 saturated heterocycles. The van der Waals surface area contributed by atoms with E-state index in [1.54, 1.807) is 0 Å². The van der Waals surface area contributed by atoms with Crippen LogP contribution in [0.5, 0.6) is 0 Å². The molecule has 1 N–H and O–H groups in total. The van der Waals surface area contributed by atoms with Crippen LogP contribution in [0.3, 0.4) is 0 Å². The van der Waals surface area contributed by atoms with Crippen LogP contribution in [-0.4, -0.2) is 124 Å². The first-order valence-electron chi connectivity index (χ1n) is 22.4. The minimum Gasteiger partial charge on any atom is -0.467 e. The summed E-state index contributed by atoms with van der Waals surface area (Å²) >= 11 is 0. The molecule has 1 amide bonds. The molecule has 0 saturated carbocycles. The second-order valence-electron chi connectivity index (χ2n) is 16.3. The Morgan fingerprint density at radius 1 is 0.746 bits per heavy atom. The van der Waals surface area contributed by atoms with E-state index in [2.05, 4.69) is 21.9 Å². The first-order chi connectivity index (χ1) is 32.7. The molecule has 4 aliphatic rings. The number of esters is 1. The summed E-state index contributed by atoms with van der Waals surface area (Å²) in [5.41, 5.74) is 12.6. The van der Waals surface area contributed by atoms with Crippen molar-refractivity contribution in [3.05, 3.63) is 131 Å². The fourth-order valence-corrected chi connectivity index (χ4v) is 8.73. The molecule has 19 nitrogen and oxygen atoms in total. The molecule has 6 unspecified atom stereocenters. The number of hydrogen-bond donors (Lipinski definition) is 1. The van der Waals surface area contributed by atoms with Crippen LogP contribution in [0.4, 0.5) is 9.59 Å². The van der Waals surface area contributed by atoms with Gasteiger partial charge in [-0.25, -0.2) is 14.4 Å². The number of benzene rings is 3. The summed E-state index contributed by atoms with van der Waals surface area (Å²) in [5, 5.41) is 6.96. The Bertz CT molecular complexity index is 2120. The summed E-state index contributed by atoms with van der Waals surface area (Å²) in [6.45, 7) is 9.18. The van der Waals surface area contributed by atoms with Crippen LogP contribution in [0.2, 0.25) is 0 Å². The summed E-state index contributed by atoms with van der Waals surface area (Å²) < 4.78 is 75.2. The molecule has 15 atom stereocenters. The standard InChI is InChI=1S/C48H58N4O15/c1-6-24-57-48(55)67-43-40(60-27-31-22-16-11-17-23-31)41(42(44(53)56-5)65-46(43)63-37-33(8-3)61-28(4)34-39(37)66-47(54)50-34)64-45-35(51-52-49)38(59-26-30-20-14-10-15-21-30)36(32(7-2)62-45)58-25-29-18-12-9-13-19-29/h6,9-23,28,32-43,45-46H,1,7-8,24-27H2,2-5H3,(H,50,54)/t28-,32?,33?,34-,35?,36-,37-,38+,39?,40-,41+,42?,43?,45-,46+/m0/s1. The Morgan fingerprint density at radius 3 is 1.85 bits per heavy atom. The van der Waals surface area contributed by atoms with Gasteiger partial charge in [0.1, 0.15) is 43.2 Å². The quantitative estimate of drug-likeness (QED) is 0.0315. The minimum atomic E-state index is -1.67. The van der Waals surface area contributed by atoms with Gasteiger partial charge in [-0.05, 0) is 42.0 Å². The number of azide groups is 1.